The number of aliphatic imine (C=N–C) groups is 1. The van der Waals surface area contributed by atoms with Crippen LogP contribution in [0.15, 0.2) is 96.0 Å². The number of benzene rings is 3. The van der Waals surface area contributed by atoms with Gasteiger partial charge in [-0.25, -0.2) is 0 Å². The van der Waals surface area contributed by atoms with Crippen LogP contribution in [-0.2, 0) is 0 Å². The normalized spacial score (nSPS) is 17.5. The van der Waals surface area contributed by atoms with Gasteiger partial charge in [0.05, 0.1) is 12.0 Å². The van der Waals surface area contributed by atoms with E-state index in [4.69, 9.17) is 4.99 Å². The Morgan fingerprint density at radius 3 is 2.04 bits per heavy atom. The van der Waals surface area contributed by atoms with Crippen LogP contribution in [0.3, 0.4) is 0 Å². The first-order valence-corrected chi connectivity index (χ1v) is 9.09. The number of hydrogen-bond acceptors (Lipinski definition) is 2. The van der Waals surface area contributed by atoms with Crippen molar-refractivity contribution in [2.24, 2.45) is 4.99 Å². The highest BCUT2D eigenvalue weighted by Gasteiger charge is 2.33. The molecule has 0 saturated carbocycles. The Hall–Kier alpha value is -3.00. The predicted octanol–water partition coefficient (Wildman–Crippen LogP) is 5.30. The zero-order valence-electron chi connectivity index (χ0n) is 14.6. The molecule has 0 bridgehead atoms. The molecule has 1 aliphatic rings. The second kappa shape index (κ2) is 7.49. The average Bonchev–Trinajstić information content (AvgIpc) is 3.20. The molecule has 3 aromatic carbocycles. The van der Waals surface area contributed by atoms with E-state index < -0.39 is 0 Å². The van der Waals surface area contributed by atoms with E-state index in [0.29, 0.717) is 0 Å². The van der Waals surface area contributed by atoms with Crippen molar-refractivity contribution in [3.63, 3.8) is 0 Å². The maximum absolute atomic E-state index is 13.3. The van der Waals surface area contributed by atoms with Gasteiger partial charge in [-0.1, -0.05) is 91.0 Å². The number of Topliss-reactive ketones (excluding diaryl/α,β-unsaturated/α-hetero) is 1. The number of rotatable bonds is 5. The summed E-state index contributed by atoms with van der Waals surface area (Å²) in [7, 11) is 0. The molecule has 3 aromatic rings. The summed E-state index contributed by atoms with van der Waals surface area (Å²) in [5, 5.41) is 0. The van der Waals surface area contributed by atoms with Crippen LogP contribution in [0, 0.1) is 0 Å². The quantitative estimate of drug-likeness (QED) is 0.580. The molecule has 2 nitrogen and oxygen atoms in total. The lowest BCUT2D eigenvalue weighted by molar-refractivity contribution is 0.0947. The molecule has 0 aromatic heterocycles. The van der Waals surface area contributed by atoms with Crippen LogP contribution in [0.2, 0.25) is 0 Å². The number of nitrogens with zero attached hydrogens (tertiary/aromatic N) is 1. The summed E-state index contributed by atoms with van der Waals surface area (Å²) >= 11 is 0. The first-order chi connectivity index (χ1) is 12.8. The minimum absolute atomic E-state index is 0.0136. The van der Waals surface area contributed by atoms with Crippen molar-refractivity contribution >= 4 is 11.5 Å². The predicted molar refractivity (Wildman–Crippen MR) is 106 cm³/mol. The van der Waals surface area contributed by atoms with Gasteiger partial charge in [-0.3, -0.25) is 9.79 Å². The smallest absolute Gasteiger partial charge is 0.172 e. The lowest BCUT2D eigenvalue weighted by Crippen LogP contribution is -2.23. The molecule has 128 valence electrons. The van der Waals surface area contributed by atoms with Gasteiger partial charge in [0, 0.05) is 11.3 Å². The van der Waals surface area contributed by atoms with Crippen molar-refractivity contribution in [3.05, 3.63) is 108 Å². The third-order valence-electron chi connectivity index (χ3n) is 4.99. The van der Waals surface area contributed by atoms with Crippen molar-refractivity contribution in [1.82, 2.24) is 0 Å². The van der Waals surface area contributed by atoms with Crippen molar-refractivity contribution < 1.29 is 4.79 Å². The van der Waals surface area contributed by atoms with Gasteiger partial charge in [0.2, 0.25) is 0 Å². The molecule has 0 fully saturated rings. The largest absolute Gasteiger partial charge is 0.293 e. The lowest BCUT2D eigenvalue weighted by Gasteiger charge is -2.21. The van der Waals surface area contributed by atoms with Gasteiger partial charge >= 0.3 is 0 Å². The van der Waals surface area contributed by atoms with Gasteiger partial charge in [0.1, 0.15) is 0 Å². The highest BCUT2D eigenvalue weighted by molar-refractivity contribution is 6.04. The second-order valence-electron chi connectivity index (χ2n) is 6.67. The monoisotopic (exact) mass is 339 g/mol. The van der Waals surface area contributed by atoms with E-state index in [1.54, 1.807) is 0 Å². The Labute approximate surface area is 154 Å². The Kier molecular flexibility index (Phi) is 4.74. The maximum Gasteiger partial charge on any atom is 0.172 e. The molecular formula is C24H21NO. The van der Waals surface area contributed by atoms with Crippen LogP contribution in [0.25, 0.3) is 0 Å². The standard InChI is InChI=1S/C24H21NO/c26-24(20-14-8-3-9-15-20)23(19-12-6-2-7-13-19)22-17-16-21(25-22)18-10-4-1-5-11-18/h1-15,22-23H,16-17H2/t22?,23-/m1/s1. The fourth-order valence-electron chi connectivity index (χ4n) is 3.70. The van der Waals surface area contributed by atoms with Crippen molar-refractivity contribution in [2.45, 2.75) is 24.8 Å². The molecule has 26 heavy (non-hydrogen) atoms. The molecule has 1 aliphatic heterocycles. The Morgan fingerprint density at radius 1 is 0.808 bits per heavy atom. The fraction of sp³-hybridized carbons (Fsp3) is 0.167. The van der Waals surface area contributed by atoms with E-state index >= 15 is 0 Å². The lowest BCUT2D eigenvalue weighted by atomic mass is 9.84. The summed E-state index contributed by atoms with van der Waals surface area (Å²) in [6.07, 6.45) is 1.82. The molecule has 2 atom stereocenters. The van der Waals surface area contributed by atoms with Crippen LogP contribution in [0.4, 0.5) is 0 Å². The zero-order chi connectivity index (χ0) is 17.8. The Balaban J connectivity index is 1.70. The second-order valence-corrected chi connectivity index (χ2v) is 6.67. The van der Waals surface area contributed by atoms with Gasteiger partial charge in [-0.2, -0.15) is 0 Å². The first kappa shape index (κ1) is 16.5. The summed E-state index contributed by atoms with van der Waals surface area (Å²) in [4.78, 5) is 18.3. The molecule has 1 unspecified atom stereocenters. The van der Waals surface area contributed by atoms with Crippen LogP contribution in [0.1, 0.15) is 40.2 Å². The van der Waals surface area contributed by atoms with Crippen LogP contribution in [-0.4, -0.2) is 17.5 Å². The van der Waals surface area contributed by atoms with E-state index in [9.17, 15) is 4.79 Å². The van der Waals surface area contributed by atoms with Crippen LogP contribution >= 0.6 is 0 Å². The fourth-order valence-corrected chi connectivity index (χ4v) is 3.70. The topological polar surface area (TPSA) is 29.4 Å². The molecule has 4 rings (SSSR count). The van der Waals surface area contributed by atoms with Crippen molar-refractivity contribution in [2.75, 3.05) is 0 Å². The summed E-state index contributed by atoms with van der Waals surface area (Å²) in [5.74, 6) is -0.0836. The molecule has 0 amide bonds. The number of carbonyl (C=O) groups excluding carboxylic acids is 1. The van der Waals surface area contributed by atoms with Crippen molar-refractivity contribution in [1.29, 1.82) is 0 Å². The van der Waals surface area contributed by atoms with Gasteiger partial charge < -0.3 is 0 Å². The molecule has 1 heterocycles. The third kappa shape index (κ3) is 3.36. The molecule has 0 aliphatic carbocycles. The molecule has 2 heteroatoms. The SMILES string of the molecule is O=C(c1ccccc1)[C@H](c1ccccc1)C1CCC(c2ccccc2)=N1. The minimum Gasteiger partial charge on any atom is -0.293 e. The maximum atomic E-state index is 13.3. The van der Waals surface area contributed by atoms with Crippen LogP contribution < -0.4 is 0 Å². The van der Waals surface area contributed by atoms with E-state index in [-0.39, 0.29) is 17.7 Å². The summed E-state index contributed by atoms with van der Waals surface area (Å²) in [6, 6.07) is 29.9. The van der Waals surface area contributed by atoms with E-state index in [2.05, 4.69) is 12.1 Å². The Morgan fingerprint density at radius 2 is 1.38 bits per heavy atom. The molecule has 0 saturated heterocycles. The Bertz CT molecular complexity index is 901. The molecular weight excluding hydrogens is 318 g/mol. The zero-order valence-corrected chi connectivity index (χ0v) is 14.6. The van der Waals surface area contributed by atoms with E-state index in [0.717, 1.165) is 35.2 Å². The number of carbonyl (C=O) groups is 1. The number of ketones is 1. The highest BCUT2D eigenvalue weighted by atomic mass is 16.1. The van der Waals surface area contributed by atoms with Gasteiger partial charge in [0.25, 0.3) is 0 Å². The van der Waals surface area contributed by atoms with Crippen LogP contribution in [0.5, 0.6) is 0 Å². The molecule has 0 radical (unpaired) electrons. The highest BCUT2D eigenvalue weighted by Crippen LogP contribution is 2.33. The van der Waals surface area contributed by atoms with E-state index in [1.165, 1.54) is 0 Å². The van der Waals surface area contributed by atoms with Crippen molar-refractivity contribution in [3.8, 4) is 0 Å². The molecule has 0 N–H and O–H groups in total. The average molecular weight is 339 g/mol. The first-order valence-electron chi connectivity index (χ1n) is 9.09. The molecule has 0 spiro atoms. The van der Waals surface area contributed by atoms with Gasteiger partial charge in [-0.15, -0.1) is 0 Å². The summed E-state index contributed by atoms with van der Waals surface area (Å²) in [5.41, 5.74) is 4.07. The number of hydrogen-bond donors (Lipinski definition) is 0. The summed E-state index contributed by atoms with van der Waals surface area (Å²) < 4.78 is 0. The van der Waals surface area contributed by atoms with E-state index in [1.807, 2.05) is 78.9 Å². The third-order valence-corrected chi connectivity index (χ3v) is 4.99. The minimum atomic E-state index is -0.236. The van der Waals surface area contributed by atoms with Gasteiger partial charge in [-0.05, 0) is 24.0 Å². The van der Waals surface area contributed by atoms with Gasteiger partial charge in [0.15, 0.2) is 5.78 Å². The summed E-state index contributed by atoms with van der Waals surface area (Å²) in [6.45, 7) is 0.